The van der Waals surface area contributed by atoms with Crippen LogP contribution in [0.3, 0.4) is 0 Å². The summed E-state index contributed by atoms with van der Waals surface area (Å²) in [7, 11) is 1.66. The average Bonchev–Trinajstić information content (AvgIpc) is 2.85. The van der Waals surface area contributed by atoms with Crippen LogP contribution in [0.1, 0.15) is 16.7 Å². The van der Waals surface area contributed by atoms with Crippen molar-refractivity contribution in [1.29, 1.82) is 0 Å². The molecule has 166 valence electrons. The Balaban J connectivity index is 1.60. The normalized spacial score (nSPS) is 11.4. The van der Waals surface area contributed by atoms with Gasteiger partial charge in [-0.25, -0.2) is 4.39 Å². The quantitative estimate of drug-likeness (QED) is 0.288. The van der Waals surface area contributed by atoms with E-state index < -0.39 is 0 Å². The molecule has 4 aromatic rings. The molecule has 4 rings (SSSR count). The highest BCUT2D eigenvalue weighted by molar-refractivity contribution is 7.99. The van der Waals surface area contributed by atoms with E-state index in [1.165, 1.54) is 12.1 Å². The molecule has 0 aliphatic heterocycles. The number of aromatic hydroxyl groups is 1. The molecule has 2 nitrogen and oxygen atoms in total. The Morgan fingerprint density at radius 1 is 0.848 bits per heavy atom. The Hall–Kier alpha value is -3.50. The molecule has 4 heteroatoms. The summed E-state index contributed by atoms with van der Waals surface area (Å²) in [5, 5.41) is 9.75. The molecule has 0 saturated heterocycles. The van der Waals surface area contributed by atoms with E-state index in [0.29, 0.717) is 5.75 Å². The number of aryl methyl sites for hydroxylation is 1. The Kier molecular flexibility index (Phi) is 7.16. The zero-order chi connectivity index (χ0) is 23.2. The fourth-order valence-electron chi connectivity index (χ4n) is 3.60. The molecule has 0 bridgehead atoms. The number of hydrogen-bond donors (Lipinski definition) is 1. The van der Waals surface area contributed by atoms with Gasteiger partial charge in [0, 0.05) is 10.6 Å². The standard InChI is InChI=1S/C29H25FO2S/c1-20-19-27(15-16-29(20)31)33-18-17-28(24-7-11-25(30)12-8-24)23-5-3-21(4-6-23)22-9-13-26(32-2)14-10-22/h3-17,19,31H,18H2,1-2H3/b28-17+. The first-order valence-electron chi connectivity index (χ1n) is 10.7. The van der Waals surface area contributed by atoms with Crippen LogP contribution in [0.4, 0.5) is 4.39 Å². The van der Waals surface area contributed by atoms with Gasteiger partial charge in [0.05, 0.1) is 7.11 Å². The highest BCUT2D eigenvalue weighted by atomic mass is 32.2. The molecule has 0 radical (unpaired) electrons. The molecule has 0 spiro atoms. The molecule has 0 aliphatic carbocycles. The first-order valence-corrected chi connectivity index (χ1v) is 11.7. The van der Waals surface area contributed by atoms with Gasteiger partial charge in [-0.2, -0.15) is 0 Å². The number of benzene rings is 4. The summed E-state index contributed by atoms with van der Waals surface area (Å²) >= 11 is 1.69. The van der Waals surface area contributed by atoms with E-state index in [0.717, 1.165) is 49.8 Å². The predicted molar refractivity (Wildman–Crippen MR) is 135 cm³/mol. The van der Waals surface area contributed by atoms with Crippen molar-refractivity contribution in [2.24, 2.45) is 0 Å². The number of phenols is 1. The maximum Gasteiger partial charge on any atom is 0.123 e. The molecule has 33 heavy (non-hydrogen) atoms. The lowest BCUT2D eigenvalue weighted by molar-refractivity contribution is 0.415. The van der Waals surface area contributed by atoms with Crippen molar-refractivity contribution in [3.8, 4) is 22.6 Å². The molecule has 0 atom stereocenters. The zero-order valence-corrected chi connectivity index (χ0v) is 19.4. The topological polar surface area (TPSA) is 29.5 Å². The van der Waals surface area contributed by atoms with Crippen LogP contribution in [0.15, 0.2) is 102 Å². The van der Waals surface area contributed by atoms with E-state index in [4.69, 9.17) is 4.74 Å². The molecule has 1 N–H and O–H groups in total. The van der Waals surface area contributed by atoms with Crippen molar-refractivity contribution < 1.29 is 14.2 Å². The molecule has 0 fully saturated rings. The minimum Gasteiger partial charge on any atom is -0.508 e. The third kappa shape index (κ3) is 5.65. The van der Waals surface area contributed by atoms with Crippen LogP contribution < -0.4 is 4.74 Å². The van der Waals surface area contributed by atoms with Crippen molar-refractivity contribution in [2.75, 3.05) is 12.9 Å². The molecule has 0 saturated carbocycles. The first kappa shape index (κ1) is 22.7. The van der Waals surface area contributed by atoms with Gasteiger partial charge in [-0.1, -0.05) is 54.6 Å². The van der Waals surface area contributed by atoms with Gasteiger partial charge in [0.2, 0.25) is 0 Å². The lowest BCUT2D eigenvalue weighted by atomic mass is 9.95. The van der Waals surface area contributed by atoms with Crippen LogP contribution in [0.5, 0.6) is 11.5 Å². The van der Waals surface area contributed by atoms with Gasteiger partial charge in [0.25, 0.3) is 0 Å². The highest BCUT2D eigenvalue weighted by Crippen LogP contribution is 2.30. The summed E-state index contributed by atoms with van der Waals surface area (Å²) in [5.41, 5.74) is 6.19. The minimum atomic E-state index is -0.248. The fraction of sp³-hybridized carbons (Fsp3) is 0.103. The van der Waals surface area contributed by atoms with Crippen molar-refractivity contribution >= 4 is 17.3 Å². The predicted octanol–water partition coefficient (Wildman–Crippen LogP) is 7.74. The molecule has 0 aromatic heterocycles. The highest BCUT2D eigenvalue weighted by Gasteiger charge is 2.08. The van der Waals surface area contributed by atoms with Crippen LogP contribution in [0.25, 0.3) is 16.7 Å². The Morgan fingerprint density at radius 3 is 2.00 bits per heavy atom. The van der Waals surface area contributed by atoms with Gasteiger partial charge in [0.1, 0.15) is 17.3 Å². The van der Waals surface area contributed by atoms with Crippen molar-refractivity contribution in [2.45, 2.75) is 11.8 Å². The average molecular weight is 457 g/mol. The van der Waals surface area contributed by atoms with Gasteiger partial charge < -0.3 is 9.84 Å². The third-order valence-corrected chi connectivity index (χ3v) is 6.40. The monoisotopic (exact) mass is 456 g/mol. The summed E-state index contributed by atoms with van der Waals surface area (Å²) in [6, 6.07) is 28.6. The Morgan fingerprint density at radius 2 is 1.42 bits per heavy atom. The second kappa shape index (κ2) is 10.4. The summed E-state index contributed by atoms with van der Waals surface area (Å²) in [6.45, 7) is 1.89. The minimum absolute atomic E-state index is 0.248. The van der Waals surface area contributed by atoms with E-state index in [9.17, 15) is 9.50 Å². The SMILES string of the molecule is COc1ccc(-c2ccc(/C(=C\CSc3ccc(O)c(C)c3)c3ccc(F)cc3)cc2)cc1. The van der Waals surface area contributed by atoms with Crippen LogP contribution in [-0.2, 0) is 0 Å². The number of methoxy groups -OCH3 is 1. The summed E-state index contributed by atoms with van der Waals surface area (Å²) in [4.78, 5) is 1.09. The lowest BCUT2D eigenvalue weighted by Crippen LogP contribution is -1.91. The molecule has 0 aliphatic rings. The molecule has 0 heterocycles. The van der Waals surface area contributed by atoms with E-state index in [1.807, 2.05) is 55.5 Å². The third-order valence-electron chi connectivity index (χ3n) is 5.48. The first-order chi connectivity index (χ1) is 16.0. The summed E-state index contributed by atoms with van der Waals surface area (Å²) in [5.74, 6) is 1.64. The van der Waals surface area contributed by atoms with Gasteiger partial charge in [-0.3, -0.25) is 0 Å². The summed E-state index contributed by atoms with van der Waals surface area (Å²) < 4.78 is 18.8. The van der Waals surface area contributed by atoms with Crippen LogP contribution in [-0.4, -0.2) is 18.0 Å². The molecular formula is C29H25FO2S. The number of ether oxygens (including phenoxy) is 1. The number of phenolic OH excluding ortho intramolecular Hbond substituents is 1. The van der Waals surface area contributed by atoms with Gasteiger partial charge >= 0.3 is 0 Å². The number of hydrogen-bond acceptors (Lipinski definition) is 3. The van der Waals surface area contributed by atoms with E-state index >= 15 is 0 Å². The van der Waals surface area contributed by atoms with Crippen molar-refractivity contribution in [3.05, 3.63) is 120 Å². The zero-order valence-electron chi connectivity index (χ0n) is 18.6. The molecular weight excluding hydrogens is 431 g/mol. The maximum atomic E-state index is 13.5. The Bertz CT molecular complexity index is 1240. The maximum absolute atomic E-state index is 13.5. The van der Waals surface area contributed by atoms with Gasteiger partial charge in [0.15, 0.2) is 0 Å². The van der Waals surface area contributed by atoms with E-state index in [-0.39, 0.29) is 5.82 Å². The lowest BCUT2D eigenvalue weighted by Gasteiger charge is -2.11. The van der Waals surface area contributed by atoms with Crippen LogP contribution >= 0.6 is 11.8 Å². The number of halogens is 1. The van der Waals surface area contributed by atoms with Crippen molar-refractivity contribution in [1.82, 2.24) is 0 Å². The number of thioether (sulfide) groups is 1. The molecule has 0 unspecified atom stereocenters. The second-order valence-corrected chi connectivity index (χ2v) is 8.78. The van der Waals surface area contributed by atoms with Crippen LogP contribution in [0, 0.1) is 12.7 Å². The van der Waals surface area contributed by atoms with Crippen LogP contribution in [0.2, 0.25) is 0 Å². The second-order valence-electron chi connectivity index (χ2n) is 7.69. The van der Waals surface area contributed by atoms with E-state index in [2.05, 4.69) is 30.3 Å². The molecule has 4 aromatic carbocycles. The van der Waals surface area contributed by atoms with Crippen molar-refractivity contribution in [3.63, 3.8) is 0 Å². The largest absolute Gasteiger partial charge is 0.508 e. The van der Waals surface area contributed by atoms with Gasteiger partial charge in [-0.15, -0.1) is 11.8 Å². The smallest absolute Gasteiger partial charge is 0.123 e. The van der Waals surface area contributed by atoms with E-state index in [1.54, 1.807) is 24.9 Å². The van der Waals surface area contributed by atoms with Gasteiger partial charge in [-0.05, 0) is 82.8 Å². The Labute approximate surface area is 198 Å². The number of rotatable bonds is 7. The fourth-order valence-corrected chi connectivity index (χ4v) is 4.46. The summed E-state index contributed by atoms with van der Waals surface area (Å²) in [6.07, 6.45) is 2.17. The molecule has 0 amide bonds.